The lowest BCUT2D eigenvalue weighted by Gasteiger charge is -2.26. The lowest BCUT2D eigenvalue weighted by Crippen LogP contribution is -2.29. The number of rotatable bonds is 4. The summed E-state index contributed by atoms with van der Waals surface area (Å²) in [6.45, 7) is 0.182. The minimum Gasteiger partial charge on any atom is -0.459 e. The van der Waals surface area contributed by atoms with Crippen molar-refractivity contribution in [3.63, 3.8) is 0 Å². The molecule has 2 aromatic carbocycles. The second kappa shape index (κ2) is 8.41. The van der Waals surface area contributed by atoms with E-state index in [2.05, 4.69) is 26.2 Å². The van der Waals surface area contributed by atoms with Crippen LogP contribution in [-0.4, -0.2) is 16.9 Å². The standard InChI is InChI=1S/C25H17BrFN3O3S/c26-14-4-6-16(17(27)11-14)19-8-9-21(33-19)24-23(18-3-1-2-10-28-18)29-25(34)30(24)15-5-7-20-22(12-15)32-13-31-20/h1-12,23-24H,13H2,(H,29,34). The zero-order valence-corrected chi connectivity index (χ0v) is 20.0. The number of nitrogens with one attached hydrogen (secondary N) is 1. The van der Waals surface area contributed by atoms with Crippen molar-refractivity contribution in [2.75, 3.05) is 11.7 Å². The average molecular weight is 538 g/mol. The van der Waals surface area contributed by atoms with Crippen LogP contribution in [0.2, 0.25) is 0 Å². The molecule has 6 nitrogen and oxygen atoms in total. The van der Waals surface area contributed by atoms with Gasteiger partial charge in [-0.2, -0.15) is 0 Å². The van der Waals surface area contributed by atoms with Gasteiger partial charge in [-0.25, -0.2) is 4.39 Å². The van der Waals surface area contributed by atoms with Crippen LogP contribution in [0.15, 0.2) is 81.8 Å². The van der Waals surface area contributed by atoms with Gasteiger partial charge in [-0.15, -0.1) is 0 Å². The molecule has 0 radical (unpaired) electrons. The summed E-state index contributed by atoms with van der Waals surface area (Å²) in [6.07, 6.45) is 1.74. The van der Waals surface area contributed by atoms with Gasteiger partial charge in [0.1, 0.15) is 23.4 Å². The van der Waals surface area contributed by atoms with E-state index in [-0.39, 0.29) is 24.7 Å². The highest BCUT2D eigenvalue weighted by Crippen LogP contribution is 2.45. The van der Waals surface area contributed by atoms with Crippen LogP contribution in [-0.2, 0) is 0 Å². The van der Waals surface area contributed by atoms with Crippen LogP contribution in [0, 0.1) is 5.82 Å². The number of anilines is 1. The van der Waals surface area contributed by atoms with E-state index in [4.69, 9.17) is 26.1 Å². The lowest BCUT2D eigenvalue weighted by molar-refractivity contribution is 0.174. The molecule has 2 aliphatic heterocycles. The number of nitrogens with zero attached hydrogens (tertiary/aromatic N) is 2. The van der Waals surface area contributed by atoms with E-state index in [1.54, 1.807) is 24.4 Å². The van der Waals surface area contributed by atoms with Gasteiger partial charge in [0.2, 0.25) is 6.79 Å². The van der Waals surface area contributed by atoms with E-state index in [0.29, 0.717) is 38.2 Å². The van der Waals surface area contributed by atoms with Crippen LogP contribution in [0.5, 0.6) is 11.5 Å². The van der Waals surface area contributed by atoms with Crippen molar-refractivity contribution in [2.45, 2.75) is 12.1 Å². The van der Waals surface area contributed by atoms with Crippen LogP contribution in [0.1, 0.15) is 23.5 Å². The molecule has 0 aliphatic carbocycles. The molecule has 170 valence electrons. The number of aromatic nitrogens is 1. The zero-order chi connectivity index (χ0) is 23.2. The normalized spacial score (nSPS) is 18.9. The summed E-state index contributed by atoms with van der Waals surface area (Å²) in [5.74, 6) is 2.02. The first-order valence-corrected chi connectivity index (χ1v) is 11.7. The Morgan fingerprint density at radius 3 is 2.74 bits per heavy atom. The molecule has 0 bridgehead atoms. The first-order valence-electron chi connectivity index (χ1n) is 10.5. The number of fused-ring (bicyclic) bond motifs is 1. The smallest absolute Gasteiger partial charge is 0.231 e. The summed E-state index contributed by atoms with van der Waals surface area (Å²) in [5.41, 5.74) is 2.01. The lowest BCUT2D eigenvalue weighted by atomic mass is 10.0. The van der Waals surface area contributed by atoms with Crippen LogP contribution >= 0.6 is 28.1 Å². The Kier molecular flexibility index (Phi) is 5.23. The fourth-order valence-corrected chi connectivity index (χ4v) is 4.98. The second-order valence-electron chi connectivity index (χ2n) is 7.86. The molecule has 1 fully saturated rings. The van der Waals surface area contributed by atoms with E-state index >= 15 is 0 Å². The zero-order valence-electron chi connectivity index (χ0n) is 17.6. The summed E-state index contributed by atoms with van der Waals surface area (Å²) in [4.78, 5) is 6.51. The average Bonchev–Trinajstić information content (AvgIpc) is 3.57. The highest BCUT2D eigenvalue weighted by atomic mass is 79.9. The Bertz CT molecular complexity index is 1400. The molecule has 4 heterocycles. The number of halogens is 2. The van der Waals surface area contributed by atoms with Crippen molar-refractivity contribution in [2.24, 2.45) is 0 Å². The number of furan rings is 1. The van der Waals surface area contributed by atoms with Gasteiger partial charge in [0.05, 0.1) is 17.3 Å². The Hall–Kier alpha value is -3.43. The van der Waals surface area contributed by atoms with Crippen LogP contribution < -0.4 is 19.7 Å². The summed E-state index contributed by atoms with van der Waals surface area (Å²) >= 11 is 9.05. The molecule has 0 spiro atoms. The first kappa shape index (κ1) is 21.1. The van der Waals surface area contributed by atoms with E-state index in [9.17, 15) is 4.39 Å². The van der Waals surface area contributed by atoms with Crippen LogP contribution in [0.3, 0.4) is 0 Å². The Morgan fingerprint density at radius 1 is 1.03 bits per heavy atom. The van der Waals surface area contributed by atoms with E-state index < -0.39 is 0 Å². The fourth-order valence-electron chi connectivity index (χ4n) is 4.30. The van der Waals surface area contributed by atoms with Gasteiger partial charge >= 0.3 is 0 Å². The third-order valence-electron chi connectivity index (χ3n) is 5.85. The number of thiocarbonyl (C=S) groups is 1. The van der Waals surface area contributed by atoms with Gasteiger partial charge in [0.25, 0.3) is 0 Å². The predicted molar refractivity (Wildman–Crippen MR) is 132 cm³/mol. The third-order valence-corrected chi connectivity index (χ3v) is 6.66. The maximum atomic E-state index is 14.6. The minimum absolute atomic E-state index is 0.182. The highest BCUT2D eigenvalue weighted by Gasteiger charge is 2.43. The van der Waals surface area contributed by atoms with Crippen molar-refractivity contribution in [3.8, 4) is 22.8 Å². The Balaban J connectivity index is 1.45. The van der Waals surface area contributed by atoms with Crippen molar-refractivity contribution < 1.29 is 18.3 Å². The van der Waals surface area contributed by atoms with Crippen LogP contribution in [0.4, 0.5) is 10.1 Å². The number of pyridine rings is 1. The summed E-state index contributed by atoms with van der Waals surface area (Å²) in [7, 11) is 0. The largest absolute Gasteiger partial charge is 0.459 e. The summed E-state index contributed by atoms with van der Waals surface area (Å²) in [6, 6.07) is 19.3. The molecule has 1 N–H and O–H groups in total. The second-order valence-corrected chi connectivity index (χ2v) is 9.16. The molecular formula is C25H17BrFN3O3S. The molecule has 1 saturated heterocycles. The third kappa shape index (κ3) is 3.61. The van der Waals surface area contributed by atoms with E-state index in [1.165, 1.54) is 6.07 Å². The summed E-state index contributed by atoms with van der Waals surface area (Å²) in [5, 5.41) is 3.91. The quantitative estimate of drug-likeness (QED) is 0.313. The van der Waals surface area contributed by atoms with Gasteiger partial charge < -0.3 is 24.1 Å². The van der Waals surface area contributed by atoms with Crippen LogP contribution in [0.25, 0.3) is 11.3 Å². The topological polar surface area (TPSA) is 59.8 Å². The summed E-state index contributed by atoms with van der Waals surface area (Å²) < 4.78 is 32.6. The van der Waals surface area contributed by atoms with Gasteiger partial charge in [-0.05, 0) is 66.8 Å². The molecule has 0 amide bonds. The van der Waals surface area contributed by atoms with Gasteiger partial charge in [-0.3, -0.25) is 4.98 Å². The monoisotopic (exact) mass is 537 g/mol. The highest BCUT2D eigenvalue weighted by molar-refractivity contribution is 9.10. The van der Waals surface area contributed by atoms with Gasteiger partial charge in [0, 0.05) is 22.4 Å². The molecule has 9 heteroatoms. The molecule has 34 heavy (non-hydrogen) atoms. The van der Waals surface area contributed by atoms with E-state index in [1.807, 2.05) is 47.4 Å². The number of benzene rings is 2. The molecular weight excluding hydrogens is 521 g/mol. The maximum Gasteiger partial charge on any atom is 0.231 e. The molecule has 2 atom stereocenters. The Labute approximate surface area is 208 Å². The first-order chi connectivity index (χ1) is 16.6. The fraction of sp³-hybridized carbons (Fsp3) is 0.120. The SMILES string of the molecule is Fc1cc(Br)ccc1-c1ccc(C2C(c3ccccn3)NC(=S)N2c2ccc3c(c2)OCO3)o1. The van der Waals surface area contributed by atoms with Gasteiger partial charge in [-0.1, -0.05) is 22.0 Å². The number of ether oxygens (including phenoxy) is 2. The molecule has 6 rings (SSSR count). The molecule has 4 aromatic rings. The van der Waals surface area contributed by atoms with E-state index in [0.717, 1.165) is 11.4 Å². The molecule has 0 saturated carbocycles. The number of hydrogen-bond donors (Lipinski definition) is 1. The molecule has 2 unspecified atom stereocenters. The van der Waals surface area contributed by atoms with Crippen molar-refractivity contribution in [3.05, 3.63) is 94.7 Å². The van der Waals surface area contributed by atoms with Gasteiger partial charge in [0.15, 0.2) is 16.6 Å². The van der Waals surface area contributed by atoms with Crippen molar-refractivity contribution in [1.82, 2.24) is 10.3 Å². The Morgan fingerprint density at radius 2 is 1.91 bits per heavy atom. The maximum absolute atomic E-state index is 14.6. The minimum atomic E-state index is -0.371. The van der Waals surface area contributed by atoms with Crippen molar-refractivity contribution in [1.29, 1.82) is 0 Å². The molecule has 2 aliphatic rings. The number of hydrogen-bond acceptors (Lipinski definition) is 5. The predicted octanol–water partition coefficient (Wildman–Crippen LogP) is 6.15. The molecule has 2 aromatic heterocycles. The van der Waals surface area contributed by atoms with Crippen molar-refractivity contribution >= 4 is 38.9 Å².